The van der Waals surface area contributed by atoms with Gasteiger partial charge in [0.1, 0.15) is 0 Å². The summed E-state index contributed by atoms with van der Waals surface area (Å²) >= 11 is 0. The van der Waals surface area contributed by atoms with Crippen molar-refractivity contribution in [3.05, 3.63) is 36.5 Å². The average Bonchev–Trinajstić information content (AvgIpc) is 2.73. The van der Waals surface area contributed by atoms with Crippen molar-refractivity contribution in [2.24, 2.45) is 0 Å². The monoisotopic (exact) mass is 228 g/mol. The zero-order valence-corrected chi connectivity index (χ0v) is 9.89. The fraction of sp³-hybridized carbons (Fsp3) is 0.333. The predicted molar refractivity (Wildman–Crippen MR) is 68.8 cm³/mol. The van der Waals surface area contributed by atoms with Crippen molar-refractivity contribution in [2.75, 3.05) is 0 Å². The highest BCUT2D eigenvalue weighted by Crippen LogP contribution is 2.18. The van der Waals surface area contributed by atoms with Gasteiger partial charge in [0.15, 0.2) is 6.29 Å². The Morgan fingerprint density at radius 1 is 1.12 bits per heavy atom. The molecule has 1 aliphatic heterocycles. The second-order valence-corrected chi connectivity index (χ2v) is 3.49. The molecule has 2 nitrogen and oxygen atoms in total. The van der Waals surface area contributed by atoms with Gasteiger partial charge in [-0.15, -0.1) is 0 Å². The highest BCUT2D eigenvalue weighted by Gasteiger charge is 2.19. The molecular weight excluding hydrogens is 212 g/mol. The second-order valence-electron chi connectivity index (χ2n) is 3.49. The zero-order chi connectivity index (χ0) is 12.3. The Bertz CT molecular complexity index is 421. The molecule has 0 spiro atoms. The molecule has 1 aliphatic rings. The van der Waals surface area contributed by atoms with Crippen LogP contribution in [0.15, 0.2) is 36.5 Å². The fourth-order valence-corrected chi connectivity index (χ4v) is 1.32. The predicted octanol–water partition coefficient (Wildman–Crippen LogP) is 2.18. The molecular formula is C15H16O2. The van der Waals surface area contributed by atoms with Crippen LogP contribution in [0.1, 0.15) is 19.8 Å². The van der Waals surface area contributed by atoms with Crippen molar-refractivity contribution in [1.82, 2.24) is 0 Å². The first-order chi connectivity index (χ1) is 8.33. The van der Waals surface area contributed by atoms with E-state index in [1.165, 1.54) is 0 Å². The number of hydrogen-bond donors (Lipinski definition) is 1. The average molecular weight is 228 g/mol. The maximum absolute atomic E-state index is 9.13. The summed E-state index contributed by atoms with van der Waals surface area (Å²) in [6, 6.07) is 0. The molecule has 1 heterocycles. The van der Waals surface area contributed by atoms with Crippen LogP contribution in [-0.2, 0) is 4.74 Å². The van der Waals surface area contributed by atoms with Gasteiger partial charge >= 0.3 is 0 Å². The van der Waals surface area contributed by atoms with Gasteiger partial charge in [0.25, 0.3) is 0 Å². The Balaban J connectivity index is 2.26. The van der Waals surface area contributed by atoms with Crippen LogP contribution in [0, 0.1) is 23.7 Å². The van der Waals surface area contributed by atoms with Crippen LogP contribution in [-0.4, -0.2) is 17.5 Å². The summed E-state index contributed by atoms with van der Waals surface area (Å²) in [5, 5.41) is 9.13. The van der Waals surface area contributed by atoms with E-state index in [2.05, 4.69) is 23.7 Å². The first kappa shape index (κ1) is 13.3. The topological polar surface area (TPSA) is 29.5 Å². The summed E-state index contributed by atoms with van der Waals surface area (Å²) in [5.41, 5.74) is 0. The lowest BCUT2D eigenvalue weighted by Gasteiger charge is -2.02. The van der Waals surface area contributed by atoms with Crippen molar-refractivity contribution >= 4 is 0 Å². The van der Waals surface area contributed by atoms with Gasteiger partial charge < -0.3 is 9.84 Å². The summed E-state index contributed by atoms with van der Waals surface area (Å²) in [6.07, 6.45) is 12.0. The number of rotatable bonds is 2. The minimum atomic E-state index is -0.602. The minimum Gasteiger partial charge on any atom is -0.368 e. The number of allylic oxidation sites excluding steroid dienone is 5. The van der Waals surface area contributed by atoms with E-state index in [4.69, 9.17) is 9.84 Å². The van der Waals surface area contributed by atoms with Crippen LogP contribution in [0.4, 0.5) is 0 Å². The number of aliphatic hydroxyl groups is 1. The van der Waals surface area contributed by atoms with Gasteiger partial charge in [0, 0.05) is 6.42 Å². The Morgan fingerprint density at radius 3 is 2.53 bits per heavy atom. The molecule has 0 unspecified atom stereocenters. The molecule has 0 amide bonds. The summed E-state index contributed by atoms with van der Waals surface area (Å²) in [4.78, 5) is 0. The Morgan fingerprint density at radius 2 is 1.88 bits per heavy atom. The second kappa shape index (κ2) is 8.42. The van der Waals surface area contributed by atoms with Crippen molar-refractivity contribution in [2.45, 2.75) is 32.2 Å². The molecule has 88 valence electrons. The van der Waals surface area contributed by atoms with Gasteiger partial charge in [-0.05, 0) is 37.3 Å². The first-order valence-corrected chi connectivity index (χ1v) is 5.62. The van der Waals surface area contributed by atoms with Crippen LogP contribution < -0.4 is 0 Å². The zero-order valence-electron chi connectivity index (χ0n) is 9.89. The minimum absolute atomic E-state index is 0.0251. The van der Waals surface area contributed by atoms with E-state index in [0.29, 0.717) is 6.42 Å². The van der Waals surface area contributed by atoms with Crippen molar-refractivity contribution < 1.29 is 9.84 Å². The van der Waals surface area contributed by atoms with E-state index in [1.807, 2.05) is 31.2 Å². The van der Waals surface area contributed by atoms with Gasteiger partial charge in [-0.1, -0.05) is 36.1 Å². The Kier molecular flexibility index (Phi) is 6.60. The molecule has 17 heavy (non-hydrogen) atoms. The van der Waals surface area contributed by atoms with Gasteiger partial charge in [-0.25, -0.2) is 0 Å². The van der Waals surface area contributed by atoms with Crippen molar-refractivity contribution in [1.29, 1.82) is 0 Å². The summed E-state index contributed by atoms with van der Waals surface area (Å²) in [6.45, 7) is 1.91. The van der Waals surface area contributed by atoms with Crippen LogP contribution in [0.5, 0.6) is 0 Å². The molecule has 1 N–H and O–H groups in total. The summed E-state index contributed by atoms with van der Waals surface area (Å²) in [7, 11) is 0. The van der Waals surface area contributed by atoms with E-state index in [1.54, 1.807) is 12.2 Å². The lowest BCUT2D eigenvalue weighted by atomic mass is 10.2. The quantitative estimate of drug-likeness (QED) is 0.580. The lowest BCUT2D eigenvalue weighted by Crippen LogP contribution is -2.06. The standard InChI is InChI=1S/C15H16O2/c1-2-3-4-5-6-7-8-9-10-11-14-12-13-15(16)17-14/h2-3,8-11,14-16H,12-13H2,1H3/b3-2-,9-8+,11-10+/t14-,15-/m1/s1. The maximum atomic E-state index is 9.13. The SMILES string of the molecule is C/C=C\C#CC#C/C=C/C=C/[C@@H]1CC[C@H](O)O1. The van der Waals surface area contributed by atoms with E-state index in [-0.39, 0.29) is 6.10 Å². The molecule has 0 aromatic rings. The van der Waals surface area contributed by atoms with Gasteiger partial charge in [0.2, 0.25) is 0 Å². The maximum Gasteiger partial charge on any atom is 0.155 e. The molecule has 0 aromatic carbocycles. The normalized spacial score (nSPS) is 23.9. The third-order valence-electron chi connectivity index (χ3n) is 2.10. The van der Waals surface area contributed by atoms with Crippen molar-refractivity contribution in [3.8, 4) is 23.7 Å². The summed E-state index contributed by atoms with van der Waals surface area (Å²) in [5.74, 6) is 11.0. The van der Waals surface area contributed by atoms with Crippen LogP contribution >= 0.6 is 0 Å². The first-order valence-electron chi connectivity index (χ1n) is 5.62. The highest BCUT2D eigenvalue weighted by atomic mass is 16.6. The van der Waals surface area contributed by atoms with Gasteiger partial charge in [-0.2, -0.15) is 0 Å². The molecule has 2 heteroatoms. The molecule has 0 saturated carbocycles. The number of hydrogen-bond acceptors (Lipinski definition) is 2. The lowest BCUT2D eigenvalue weighted by molar-refractivity contribution is -0.0777. The number of ether oxygens (including phenoxy) is 1. The van der Waals surface area contributed by atoms with Gasteiger partial charge in [0.05, 0.1) is 6.10 Å². The molecule has 1 fully saturated rings. The highest BCUT2D eigenvalue weighted by molar-refractivity contribution is 5.34. The molecule has 1 rings (SSSR count). The molecule has 2 atom stereocenters. The summed E-state index contributed by atoms with van der Waals surface area (Å²) < 4.78 is 5.20. The van der Waals surface area contributed by atoms with Crippen molar-refractivity contribution in [3.63, 3.8) is 0 Å². The Labute approximate surface area is 103 Å². The van der Waals surface area contributed by atoms with E-state index in [0.717, 1.165) is 6.42 Å². The number of aliphatic hydroxyl groups excluding tert-OH is 1. The smallest absolute Gasteiger partial charge is 0.155 e. The molecule has 0 aliphatic carbocycles. The fourth-order valence-electron chi connectivity index (χ4n) is 1.32. The third-order valence-corrected chi connectivity index (χ3v) is 2.10. The van der Waals surface area contributed by atoms with Crippen LogP contribution in [0.3, 0.4) is 0 Å². The molecule has 0 bridgehead atoms. The van der Waals surface area contributed by atoms with Crippen LogP contribution in [0.25, 0.3) is 0 Å². The van der Waals surface area contributed by atoms with Crippen LogP contribution in [0.2, 0.25) is 0 Å². The van der Waals surface area contributed by atoms with E-state index in [9.17, 15) is 0 Å². The molecule has 0 aromatic heterocycles. The van der Waals surface area contributed by atoms with E-state index < -0.39 is 6.29 Å². The molecule has 1 saturated heterocycles. The molecule has 0 radical (unpaired) electrons. The third kappa shape index (κ3) is 6.43. The van der Waals surface area contributed by atoms with E-state index >= 15 is 0 Å². The Hall–Kier alpha value is -1.74. The van der Waals surface area contributed by atoms with Gasteiger partial charge in [-0.3, -0.25) is 0 Å². The largest absolute Gasteiger partial charge is 0.368 e.